The molecule has 6 heteroatoms. The first-order chi connectivity index (χ1) is 10.1. The number of hydrogen-bond donors (Lipinski definition) is 1. The van der Waals surface area contributed by atoms with Crippen molar-refractivity contribution in [1.82, 2.24) is 9.62 Å². The second kappa shape index (κ2) is 5.77. The summed E-state index contributed by atoms with van der Waals surface area (Å²) in [6.07, 6.45) is 4.91. The first-order valence-corrected chi connectivity index (χ1v) is 8.92. The van der Waals surface area contributed by atoms with Crippen LogP contribution in [0.1, 0.15) is 42.5 Å². The van der Waals surface area contributed by atoms with E-state index in [9.17, 15) is 13.2 Å². The zero-order chi connectivity index (χ0) is 14.9. The number of benzene rings is 1. The Kier molecular flexibility index (Phi) is 3.99. The molecule has 21 heavy (non-hydrogen) atoms. The third-order valence-corrected chi connectivity index (χ3v) is 5.86. The minimum absolute atomic E-state index is 0.187. The summed E-state index contributed by atoms with van der Waals surface area (Å²) in [6, 6.07) is 6.62. The van der Waals surface area contributed by atoms with Crippen LogP contribution < -0.4 is 5.32 Å². The van der Waals surface area contributed by atoms with Crippen LogP contribution in [0.3, 0.4) is 0 Å². The largest absolute Gasteiger partial charge is 0.349 e. The molecule has 1 amide bonds. The molecule has 1 saturated carbocycles. The molecular formula is C15H20N2O3S. The van der Waals surface area contributed by atoms with Crippen LogP contribution in [0.5, 0.6) is 0 Å². The van der Waals surface area contributed by atoms with Crippen molar-refractivity contribution in [3.8, 4) is 0 Å². The summed E-state index contributed by atoms with van der Waals surface area (Å²) in [5, 5.41) is 2.88. The minimum Gasteiger partial charge on any atom is -0.349 e. The Labute approximate surface area is 125 Å². The van der Waals surface area contributed by atoms with Gasteiger partial charge in [0.15, 0.2) is 0 Å². The molecule has 0 aromatic heterocycles. The molecule has 1 aliphatic carbocycles. The third kappa shape index (κ3) is 3.27. The van der Waals surface area contributed by atoms with E-state index >= 15 is 0 Å². The molecule has 5 nitrogen and oxygen atoms in total. The fourth-order valence-electron chi connectivity index (χ4n) is 2.55. The van der Waals surface area contributed by atoms with E-state index in [4.69, 9.17) is 0 Å². The molecule has 0 atom stereocenters. The van der Waals surface area contributed by atoms with Crippen LogP contribution in [0.25, 0.3) is 0 Å². The fraction of sp³-hybridized carbons (Fsp3) is 0.533. The van der Waals surface area contributed by atoms with Gasteiger partial charge in [-0.2, -0.15) is 4.31 Å². The van der Waals surface area contributed by atoms with Crippen LogP contribution in [0.4, 0.5) is 0 Å². The Balaban J connectivity index is 1.82. The molecule has 1 aromatic rings. The lowest BCUT2D eigenvalue weighted by Crippen LogP contribution is -2.35. The zero-order valence-electron chi connectivity index (χ0n) is 11.9. The highest BCUT2D eigenvalue weighted by atomic mass is 32.2. The molecule has 0 bridgehead atoms. The van der Waals surface area contributed by atoms with Crippen LogP contribution in [-0.4, -0.2) is 37.8 Å². The van der Waals surface area contributed by atoms with Gasteiger partial charge in [0.25, 0.3) is 5.91 Å². The summed E-state index contributed by atoms with van der Waals surface area (Å²) in [7, 11) is -3.48. The van der Waals surface area contributed by atoms with Gasteiger partial charge in [-0.1, -0.05) is 12.5 Å². The lowest BCUT2D eigenvalue weighted by atomic mass is 10.2. The van der Waals surface area contributed by atoms with Crippen molar-refractivity contribution < 1.29 is 13.2 Å². The van der Waals surface area contributed by atoms with E-state index in [-0.39, 0.29) is 16.8 Å². The van der Waals surface area contributed by atoms with Crippen molar-refractivity contribution in [2.24, 2.45) is 0 Å². The number of rotatable bonds is 4. The second-order valence-electron chi connectivity index (χ2n) is 5.74. The first-order valence-electron chi connectivity index (χ1n) is 7.48. The number of nitrogens with one attached hydrogen (secondary N) is 1. The van der Waals surface area contributed by atoms with Gasteiger partial charge in [-0.05, 0) is 43.9 Å². The van der Waals surface area contributed by atoms with Gasteiger partial charge in [-0.25, -0.2) is 8.42 Å². The molecule has 1 saturated heterocycles. The monoisotopic (exact) mass is 308 g/mol. The van der Waals surface area contributed by atoms with Crippen LogP contribution in [0.15, 0.2) is 29.2 Å². The molecule has 2 aliphatic rings. The van der Waals surface area contributed by atoms with Gasteiger partial charge >= 0.3 is 0 Å². The molecular weight excluding hydrogens is 288 g/mol. The first kappa shape index (κ1) is 14.5. The maximum absolute atomic E-state index is 12.6. The van der Waals surface area contributed by atoms with Gasteiger partial charge in [-0.3, -0.25) is 4.79 Å². The summed E-state index contributed by atoms with van der Waals surface area (Å²) in [5.41, 5.74) is 0.417. The number of amides is 1. The number of hydrogen-bond acceptors (Lipinski definition) is 3. The van der Waals surface area contributed by atoms with Gasteiger partial charge in [0.2, 0.25) is 10.0 Å². The molecule has 114 valence electrons. The number of carbonyl (C=O) groups is 1. The molecule has 0 spiro atoms. The Morgan fingerprint density at radius 2 is 1.86 bits per heavy atom. The molecule has 2 fully saturated rings. The number of piperidine rings is 1. The summed E-state index contributed by atoms with van der Waals surface area (Å²) in [4.78, 5) is 12.2. The van der Waals surface area contributed by atoms with Crippen molar-refractivity contribution in [1.29, 1.82) is 0 Å². The number of carbonyl (C=O) groups excluding carboxylic acids is 1. The Hall–Kier alpha value is -1.40. The van der Waals surface area contributed by atoms with Crippen molar-refractivity contribution >= 4 is 15.9 Å². The van der Waals surface area contributed by atoms with Gasteiger partial charge in [-0.15, -0.1) is 0 Å². The average molecular weight is 308 g/mol. The molecule has 1 aromatic carbocycles. The number of nitrogens with zero attached hydrogens (tertiary/aromatic N) is 1. The standard InChI is InChI=1S/C15H20N2O3S/c18-15(16-13-7-8-13)12-5-4-6-14(11-12)21(19,20)17-9-2-1-3-10-17/h4-6,11,13H,1-3,7-10H2,(H,16,18). The highest BCUT2D eigenvalue weighted by Gasteiger charge is 2.27. The van der Waals surface area contributed by atoms with Crippen molar-refractivity contribution in [3.05, 3.63) is 29.8 Å². The summed E-state index contributed by atoms with van der Waals surface area (Å²) in [6.45, 7) is 1.14. The van der Waals surface area contributed by atoms with Crippen LogP contribution in [0, 0.1) is 0 Å². The lowest BCUT2D eigenvalue weighted by Gasteiger charge is -2.26. The van der Waals surface area contributed by atoms with Gasteiger partial charge < -0.3 is 5.32 Å². The van der Waals surface area contributed by atoms with Crippen LogP contribution >= 0.6 is 0 Å². The maximum Gasteiger partial charge on any atom is 0.251 e. The predicted octanol–water partition coefficient (Wildman–Crippen LogP) is 1.75. The normalized spacial score (nSPS) is 20.2. The predicted molar refractivity (Wildman–Crippen MR) is 79.5 cm³/mol. The average Bonchev–Trinajstić information content (AvgIpc) is 3.32. The van der Waals surface area contributed by atoms with Crippen molar-refractivity contribution in [2.75, 3.05) is 13.1 Å². The Morgan fingerprint density at radius 1 is 1.14 bits per heavy atom. The summed E-state index contributed by atoms with van der Waals surface area (Å²) in [5.74, 6) is -0.187. The topological polar surface area (TPSA) is 66.5 Å². The molecule has 0 unspecified atom stereocenters. The van der Waals surface area contributed by atoms with Crippen molar-refractivity contribution in [3.63, 3.8) is 0 Å². The van der Waals surface area contributed by atoms with Gasteiger partial charge in [0, 0.05) is 24.7 Å². The highest BCUT2D eigenvalue weighted by molar-refractivity contribution is 7.89. The minimum atomic E-state index is -3.48. The van der Waals surface area contributed by atoms with Gasteiger partial charge in [0.1, 0.15) is 0 Å². The van der Waals surface area contributed by atoms with E-state index < -0.39 is 10.0 Å². The highest BCUT2D eigenvalue weighted by Crippen LogP contribution is 2.22. The maximum atomic E-state index is 12.6. The van der Waals surface area contributed by atoms with E-state index in [1.807, 2.05) is 0 Å². The fourth-order valence-corrected chi connectivity index (χ4v) is 4.11. The summed E-state index contributed by atoms with van der Waals surface area (Å²) < 4.78 is 26.7. The Bertz CT molecular complexity index is 632. The zero-order valence-corrected chi connectivity index (χ0v) is 12.7. The van der Waals surface area contributed by atoms with Crippen LogP contribution in [0.2, 0.25) is 0 Å². The van der Waals surface area contributed by atoms with E-state index in [1.54, 1.807) is 18.2 Å². The molecule has 1 aliphatic heterocycles. The lowest BCUT2D eigenvalue weighted by molar-refractivity contribution is 0.0951. The van der Waals surface area contributed by atoms with Crippen LogP contribution in [-0.2, 0) is 10.0 Å². The van der Waals surface area contributed by atoms with Gasteiger partial charge in [0.05, 0.1) is 4.90 Å². The smallest absolute Gasteiger partial charge is 0.251 e. The quantitative estimate of drug-likeness (QED) is 0.921. The van der Waals surface area contributed by atoms with E-state index in [0.29, 0.717) is 18.7 Å². The molecule has 0 radical (unpaired) electrons. The number of sulfonamides is 1. The van der Waals surface area contributed by atoms with E-state index in [1.165, 1.54) is 10.4 Å². The summed E-state index contributed by atoms with van der Waals surface area (Å²) >= 11 is 0. The molecule has 1 heterocycles. The SMILES string of the molecule is O=C(NC1CC1)c1cccc(S(=O)(=O)N2CCCCC2)c1. The van der Waals surface area contributed by atoms with Crippen molar-refractivity contribution in [2.45, 2.75) is 43.0 Å². The van der Waals surface area contributed by atoms with E-state index in [0.717, 1.165) is 32.1 Å². The molecule has 3 rings (SSSR count). The third-order valence-electron chi connectivity index (χ3n) is 3.96. The Morgan fingerprint density at radius 3 is 2.52 bits per heavy atom. The van der Waals surface area contributed by atoms with E-state index in [2.05, 4.69) is 5.32 Å². The molecule has 1 N–H and O–H groups in total. The second-order valence-corrected chi connectivity index (χ2v) is 7.68.